The third-order valence-corrected chi connectivity index (χ3v) is 4.39. The molecule has 0 fully saturated rings. The van der Waals surface area contributed by atoms with Gasteiger partial charge in [-0.25, -0.2) is 9.97 Å². The molecule has 0 aliphatic carbocycles. The monoisotopic (exact) mass is 312 g/mol. The summed E-state index contributed by atoms with van der Waals surface area (Å²) in [5, 5.41) is 6.78. The largest absolute Gasteiger partial charge is 0.306 e. The molecule has 0 amide bonds. The van der Waals surface area contributed by atoms with E-state index in [9.17, 15) is 0 Å². The highest BCUT2D eigenvalue weighted by Crippen LogP contribution is 2.18. The van der Waals surface area contributed by atoms with Crippen molar-refractivity contribution in [1.29, 1.82) is 0 Å². The first kappa shape index (κ1) is 14.9. The van der Waals surface area contributed by atoms with Gasteiger partial charge in [-0.15, -0.1) is 11.3 Å². The minimum Gasteiger partial charge on any atom is -0.306 e. The van der Waals surface area contributed by atoms with Crippen LogP contribution in [0.15, 0.2) is 48.4 Å². The van der Waals surface area contributed by atoms with Crippen LogP contribution in [-0.2, 0) is 13.1 Å². The maximum absolute atomic E-state index is 4.65. The van der Waals surface area contributed by atoms with E-state index in [1.807, 2.05) is 17.1 Å². The Morgan fingerprint density at radius 3 is 2.82 bits per heavy atom. The number of aromatic nitrogens is 3. The fraction of sp³-hybridized carbons (Fsp3) is 0.294. The van der Waals surface area contributed by atoms with E-state index >= 15 is 0 Å². The van der Waals surface area contributed by atoms with E-state index in [0.29, 0.717) is 5.92 Å². The first-order chi connectivity index (χ1) is 10.7. The van der Waals surface area contributed by atoms with Crippen LogP contribution in [0.4, 0.5) is 0 Å². The van der Waals surface area contributed by atoms with Crippen molar-refractivity contribution in [1.82, 2.24) is 19.9 Å². The van der Waals surface area contributed by atoms with E-state index < -0.39 is 0 Å². The molecule has 0 spiro atoms. The van der Waals surface area contributed by atoms with Gasteiger partial charge in [0.1, 0.15) is 5.01 Å². The van der Waals surface area contributed by atoms with Crippen molar-refractivity contribution in [2.24, 2.45) is 0 Å². The molecule has 114 valence electrons. The molecule has 3 rings (SSSR count). The quantitative estimate of drug-likeness (QED) is 0.754. The van der Waals surface area contributed by atoms with Crippen molar-refractivity contribution in [2.75, 3.05) is 0 Å². The van der Waals surface area contributed by atoms with Crippen molar-refractivity contribution < 1.29 is 0 Å². The predicted molar refractivity (Wildman–Crippen MR) is 90.3 cm³/mol. The lowest BCUT2D eigenvalue weighted by atomic mass is 10.1. The van der Waals surface area contributed by atoms with E-state index in [2.05, 4.69) is 58.8 Å². The van der Waals surface area contributed by atoms with E-state index in [1.54, 1.807) is 17.5 Å². The molecule has 2 heterocycles. The average Bonchev–Trinajstić information content (AvgIpc) is 3.19. The van der Waals surface area contributed by atoms with Gasteiger partial charge in [0.05, 0.1) is 17.7 Å². The third kappa shape index (κ3) is 3.43. The Morgan fingerprint density at radius 2 is 2.09 bits per heavy atom. The molecule has 0 radical (unpaired) electrons. The highest BCUT2D eigenvalue weighted by atomic mass is 32.1. The van der Waals surface area contributed by atoms with Crippen LogP contribution in [0.5, 0.6) is 0 Å². The lowest BCUT2D eigenvalue weighted by Gasteiger charge is -2.10. The standard InChI is InChI=1S/C17H20N4S/c1-13(2)15-11-22-17(20-15)10-19-9-14-5-3-4-6-16(14)21-8-7-18-12-21/h3-8,11-13,19H,9-10H2,1-2H3. The van der Waals surface area contributed by atoms with Crippen LogP contribution in [0.3, 0.4) is 0 Å². The van der Waals surface area contributed by atoms with Gasteiger partial charge in [0.2, 0.25) is 0 Å². The summed E-state index contributed by atoms with van der Waals surface area (Å²) < 4.78 is 2.04. The molecule has 1 aromatic carbocycles. The van der Waals surface area contributed by atoms with Gasteiger partial charge < -0.3 is 9.88 Å². The number of benzene rings is 1. The maximum Gasteiger partial charge on any atom is 0.107 e. The molecule has 3 aromatic rings. The van der Waals surface area contributed by atoms with E-state index in [-0.39, 0.29) is 0 Å². The van der Waals surface area contributed by atoms with Crippen molar-refractivity contribution in [3.8, 4) is 5.69 Å². The number of nitrogens with one attached hydrogen (secondary N) is 1. The second kappa shape index (κ2) is 6.85. The zero-order valence-corrected chi connectivity index (χ0v) is 13.7. The predicted octanol–water partition coefficient (Wildman–Crippen LogP) is 3.74. The number of thiazole rings is 1. The second-order valence-corrected chi connectivity index (χ2v) is 6.47. The molecule has 0 aliphatic heterocycles. The fourth-order valence-electron chi connectivity index (χ4n) is 2.29. The molecule has 0 saturated heterocycles. The van der Waals surface area contributed by atoms with Crippen LogP contribution in [-0.4, -0.2) is 14.5 Å². The van der Waals surface area contributed by atoms with Crippen molar-refractivity contribution in [3.05, 3.63) is 64.6 Å². The van der Waals surface area contributed by atoms with Crippen LogP contribution >= 0.6 is 11.3 Å². The zero-order valence-electron chi connectivity index (χ0n) is 12.9. The van der Waals surface area contributed by atoms with Crippen LogP contribution in [0.1, 0.15) is 36.0 Å². The Bertz CT molecular complexity index is 716. The molecule has 1 N–H and O–H groups in total. The van der Waals surface area contributed by atoms with Gasteiger partial charge in [-0.3, -0.25) is 0 Å². The van der Waals surface area contributed by atoms with Crippen molar-refractivity contribution >= 4 is 11.3 Å². The summed E-state index contributed by atoms with van der Waals surface area (Å²) in [5.74, 6) is 0.493. The molecule has 0 saturated carbocycles. The summed E-state index contributed by atoms with van der Waals surface area (Å²) in [4.78, 5) is 8.78. The van der Waals surface area contributed by atoms with Crippen LogP contribution in [0.2, 0.25) is 0 Å². The molecular weight excluding hydrogens is 292 g/mol. The van der Waals surface area contributed by atoms with Crippen LogP contribution in [0.25, 0.3) is 5.69 Å². The van der Waals surface area contributed by atoms with Gasteiger partial charge in [0, 0.05) is 30.9 Å². The summed E-state index contributed by atoms with van der Waals surface area (Å²) in [6, 6.07) is 8.37. The summed E-state index contributed by atoms with van der Waals surface area (Å²) in [5.41, 5.74) is 3.59. The number of hydrogen-bond acceptors (Lipinski definition) is 4. The van der Waals surface area contributed by atoms with E-state index in [0.717, 1.165) is 23.8 Å². The Hall–Kier alpha value is -1.98. The summed E-state index contributed by atoms with van der Waals surface area (Å²) in [7, 11) is 0. The summed E-state index contributed by atoms with van der Waals surface area (Å²) in [6.07, 6.45) is 5.59. The number of rotatable bonds is 6. The molecule has 22 heavy (non-hydrogen) atoms. The zero-order chi connectivity index (χ0) is 15.4. The molecular formula is C17H20N4S. The molecule has 0 atom stereocenters. The van der Waals surface area contributed by atoms with Gasteiger partial charge in [-0.1, -0.05) is 32.0 Å². The Balaban J connectivity index is 1.64. The lowest BCUT2D eigenvalue weighted by Crippen LogP contribution is -2.14. The fourth-order valence-corrected chi connectivity index (χ4v) is 3.21. The summed E-state index contributed by atoms with van der Waals surface area (Å²) in [6.45, 7) is 5.96. The average molecular weight is 312 g/mol. The normalized spacial score (nSPS) is 11.2. The van der Waals surface area contributed by atoms with Crippen molar-refractivity contribution in [3.63, 3.8) is 0 Å². The van der Waals surface area contributed by atoms with Crippen molar-refractivity contribution in [2.45, 2.75) is 32.9 Å². The van der Waals surface area contributed by atoms with E-state index in [1.165, 1.54) is 11.3 Å². The first-order valence-corrected chi connectivity index (χ1v) is 8.33. The Labute approximate surface area is 134 Å². The van der Waals surface area contributed by atoms with E-state index in [4.69, 9.17) is 0 Å². The molecule has 4 nitrogen and oxygen atoms in total. The molecule has 0 bridgehead atoms. The first-order valence-electron chi connectivity index (χ1n) is 7.45. The summed E-state index contributed by atoms with van der Waals surface area (Å²) >= 11 is 1.73. The number of para-hydroxylation sites is 1. The highest BCUT2D eigenvalue weighted by Gasteiger charge is 2.06. The molecule has 0 unspecified atom stereocenters. The third-order valence-electron chi connectivity index (χ3n) is 3.53. The van der Waals surface area contributed by atoms with Gasteiger partial charge >= 0.3 is 0 Å². The van der Waals surface area contributed by atoms with Gasteiger partial charge in [-0.05, 0) is 17.5 Å². The van der Waals surface area contributed by atoms with Gasteiger partial charge in [-0.2, -0.15) is 0 Å². The topological polar surface area (TPSA) is 42.7 Å². The molecule has 2 aromatic heterocycles. The maximum atomic E-state index is 4.65. The second-order valence-electron chi connectivity index (χ2n) is 5.52. The van der Waals surface area contributed by atoms with Gasteiger partial charge in [0.15, 0.2) is 0 Å². The molecule has 0 aliphatic rings. The number of nitrogens with zero attached hydrogens (tertiary/aromatic N) is 3. The minimum absolute atomic E-state index is 0.493. The highest BCUT2D eigenvalue weighted by molar-refractivity contribution is 7.09. The van der Waals surface area contributed by atoms with Crippen LogP contribution in [0, 0.1) is 0 Å². The number of hydrogen-bond donors (Lipinski definition) is 1. The molecule has 5 heteroatoms. The van der Waals surface area contributed by atoms with Gasteiger partial charge in [0.25, 0.3) is 0 Å². The smallest absolute Gasteiger partial charge is 0.107 e. The Morgan fingerprint density at radius 1 is 1.23 bits per heavy atom. The number of imidazole rings is 1. The SMILES string of the molecule is CC(C)c1csc(CNCc2ccccc2-n2ccnc2)n1. The lowest BCUT2D eigenvalue weighted by molar-refractivity contribution is 0.681. The Kier molecular flexibility index (Phi) is 4.65. The minimum atomic E-state index is 0.493. The van der Waals surface area contributed by atoms with Crippen LogP contribution < -0.4 is 5.32 Å².